The van der Waals surface area contributed by atoms with Crippen molar-refractivity contribution in [2.75, 3.05) is 18.4 Å². The Hall–Kier alpha value is -1.06. The molecule has 3 nitrogen and oxygen atoms in total. The minimum atomic E-state index is 0.273. The van der Waals surface area contributed by atoms with E-state index in [1.54, 1.807) is 5.56 Å². The molecule has 22 heavy (non-hydrogen) atoms. The zero-order chi connectivity index (χ0) is 14.5. The average molecular weight is 296 g/mol. The van der Waals surface area contributed by atoms with Crippen LogP contribution < -0.4 is 5.32 Å². The van der Waals surface area contributed by atoms with E-state index in [2.05, 4.69) is 41.4 Å². The molecule has 0 amide bonds. The van der Waals surface area contributed by atoms with Crippen LogP contribution >= 0.6 is 0 Å². The van der Waals surface area contributed by atoms with Gasteiger partial charge in [0.1, 0.15) is 0 Å². The van der Waals surface area contributed by atoms with Gasteiger partial charge in [-0.25, -0.2) is 0 Å². The van der Waals surface area contributed by atoms with Crippen molar-refractivity contribution in [3.8, 4) is 0 Å². The Balaban J connectivity index is 1.53. The molecule has 0 aromatic heterocycles. The predicted octanol–water partition coefficient (Wildman–Crippen LogP) is 2.98. The number of rotatable bonds is 1. The lowest BCUT2D eigenvalue weighted by Crippen LogP contribution is -2.67. The molecule has 1 spiro atoms. The number of anilines is 1. The van der Waals surface area contributed by atoms with Crippen molar-refractivity contribution in [1.29, 1.82) is 0 Å². The van der Waals surface area contributed by atoms with E-state index in [4.69, 9.17) is 4.74 Å². The summed E-state index contributed by atoms with van der Waals surface area (Å²) < 4.78 is 6.15. The van der Waals surface area contributed by atoms with Gasteiger partial charge in [-0.3, -0.25) is 4.90 Å². The number of hydrogen-bond donors (Lipinski definition) is 1. The molecule has 0 bridgehead atoms. The molecule has 3 heteroatoms. The first-order chi connectivity index (χ1) is 10.8. The van der Waals surface area contributed by atoms with Crippen molar-refractivity contribution in [2.45, 2.75) is 62.3 Å². The summed E-state index contributed by atoms with van der Waals surface area (Å²) in [5, 5.41) is 4.04. The predicted molar refractivity (Wildman–Crippen MR) is 86.1 cm³/mol. The highest BCUT2D eigenvalue weighted by atomic mass is 16.6. The number of fused-ring (bicyclic) bond motifs is 4. The summed E-state index contributed by atoms with van der Waals surface area (Å²) in [7, 11) is 0. The molecule has 116 valence electrons. The molecule has 1 aromatic rings. The third kappa shape index (κ3) is 1.18. The maximum Gasteiger partial charge on any atom is 0.0974 e. The summed E-state index contributed by atoms with van der Waals surface area (Å²) in [6.07, 6.45) is 6.30. The third-order valence-corrected chi connectivity index (χ3v) is 7.65. The fourth-order valence-electron chi connectivity index (χ4n) is 6.86. The van der Waals surface area contributed by atoms with Crippen molar-refractivity contribution < 1.29 is 4.74 Å². The van der Waals surface area contributed by atoms with Crippen molar-refractivity contribution >= 4 is 5.69 Å². The standard InChI is InChI=1S/C19H24N2O/c1-2-18-8-9-19-13(12-5-3-4-6-14(12)20-19)7-10-21(17(18)19)11-15-16(18)22-15/h3-6,13,15-17,20H,2,7-11H2,1H3/t13-,15+,16+,17-,18+,19+/m0/s1. The second kappa shape index (κ2) is 3.70. The molecule has 6 rings (SSSR count). The molecule has 1 aromatic carbocycles. The van der Waals surface area contributed by atoms with Crippen molar-refractivity contribution in [3.63, 3.8) is 0 Å². The van der Waals surface area contributed by atoms with Crippen LogP contribution in [0.15, 0.2) is 24.3 Å². The van der Waals surface area contributed by atoms with E-state index in [0.29, 0.717) is 29.6 Å². The molecule has 1 N–H and O–H groups in total. The maximum atomic E-state index is 6.15. The quantitative estimate of drug-likeness (QED) is 0.808. The summed E-state index contributed by atoms with van der Waals surface area (Å²) in [5.41, 5.74) is 3.65. The lowest BCUT2D eigenvalue weighted by atomic mass is 9.64. The van der Waals surface area contributed by atoms with Gasteiger partial charge >= 0.3 is 0 Å². The van der Waals surface area contributed by atoms with Crippen molar-refractivity contribution in [1.82, 2.24) is 4.90 Å². The Labute approximate surface area is 132 Å². The van der Waals surface area contributed by atoms with Gasteiger partial charge in [0.15, 0.2) is 0 Å². The number of nitrogens with zero attached hydrogens (tertiary/aromatic N) is 1. The second-order valence-corrected chi connectivity index (χ2v) is 8.17. The maximum absolute atomic E-state index is 6.15. The van der Waals surface area contributed by atoms with Crippen molar-refractivity contribution in [3.05, 3.63) is 29.8 Å². The fourth-order valence-corrected chi connectivity index (χ4v) is 6.86. The molecule has 1 aliphatic carbocycles. The van der Waals surface area contributed by atoms with Crippen LogP contribution in [0.5, 0.6) is 0 Å². The summed E-state index contributed by atoms with van der Waals surface area (Å²) in [4.78, 5) is 2.79. The van der Waals surface area contributed by atoms with Crippen LogP contribution in [-0.2, 0) is 4.74 Å². The summed E-state index contributed by atoms with van der Waals surface area (Å²) in [5.74, 6) is 0.702. The Morgan fingerprint density at radius 3 is 3.14 bits per heavy atom. The van der Waals surface area contributed by atoms with Gasteiger partial charge in [-0.15, -0.1) is 0 Å². The first-order valence-corrected chi connectivity index (χ1v) is 9.05. The van der Waals surface area contributed by atoms with Crippen molar-refractivity contribution in [2.24, 2.45) is 5.41 Å². The first-order valence-electron chi connectivity index (χ1n) is 9.05. The molecule has 3 saturated heterocycles. The molecule has 4 aliphatic heterocycles. The van der Waals surface area contributed by atoms with Gasteiger partial charge in [0.05, 0.1) is 17.7 Å². The zero-order valence-electron chi connectivity index (χ0n) is 13.2. The monoisotopic (exact) mass is 296 g/mol. The number of para-hydroxylation sites is 1. The zero-order valence-corrected chi connectivity index (χ0v) is 13.2. The fraction of sp³-hybridized carbons (Fsp3) is 0.684. The van der Waals surface area contributed by atoms with Crippen LogP contribution in [0.4, 0.5) is 5.69 Å². The van der Waals surface area contributed by atoms with E-state index in [1.807, 2.05) is 0 Å². The number of nitrogens with one attached hydrogen (secondary N) is 1. The van der Waals surface area contributed by atoms with Crippen LogP contribution in [0, 0.1) is 5.41 Å². The molecule has 4 fully saturated rings. The van der Waals surface area contributed by atoms with Gasteiger partial charge in [0.25, 0.3) is 0 Å². The molecule has 1 saturated carbocycles. The largest absolute Gasteiger partial charge is 0.377 e. The molecule has 4 heterocycles. The number of piperidine rings is 2. The highest BCUT2D eigenvalue weighted by Crippen LogP contribution is 2.67. The Kier molecular flexibility index (Phi) is 2.08. The Morgan fingerprint density at radius 2 is 2.23 bits per heavy atom. The summed E-state index contributed by atoms with van der Waals surface area (Å²) >= 11 is 0. The minimum absolute atomic E-state index is 0.273. The molecular formula is C19H24N2O. The molecule has 5 aliphatic rings. The smallest absolute Gasteiger partial charge is 0.0974 e. The Bertz CT molecular complexity index is 661. The van der Waals surface area contributed by atoms with Crippen LogP contribution in [0.25, 0.3) is 0 Å². The third-order valence-electron chi connectivity index (χ3n) is 7.65. The van der Waals surface area contributed by atoms with Gasteiger partial charge in [-0.05, 0) is 43.9 Å². The van der Waals surface area contributed by atoms with Gasteiger partial charge in [-0.1, -0.05) is 25.1 Å². The Morgan fingerprint density at radius 1 is 1.32 bits per heavy atom. The molecule has 0 radical (unpaired) electrons. The second-order valence-electron chi connectivity index (χ2n) is 8.17. The number of hydrogen-bond acceptors (Lipinski definition) is 3. The highest BCUT2D eigenvalue weighted by molar-refractivity contribution is 5.64. The SMILES string of the molecule is CC[C@@]12CC[C@@]34Nc5ccccc5[C@@H]3CCN(C[C@H]3O[C@H]31)[C@@H]24. The minimum Gasteiger partial charge on any atom is -0.377 e. The number of ether oxygens (including phenoxy) is 1. The summed E-state index contributed by atoms with van der Waals surface area (Å²) in [6.45, 7) is 4.82. The van der Waals surface area contributed by atoms with E-state index in [1.165, 1.54) is 44.5 Å². The van der Waals surface area contributed by atoms with E-state index >= 15 is 0 Å². The van der Waals surface area contributed by atoms with Gasteiger partial charge < -0.3 is 10.1 Å². The van der Waals surface area contributed by atoms with Crippen LogP contribution in [0.2, 0.25) is 0 Å². The molecular weight excluding hydrogens is 272 g/mol. The summed E-state index contributed by atoms with van der Waals surface area (Å²) in [6, 6.07) is 9.72. The first kappa shape index (κ1) is 12.4. The number of epoxide rings is 1. The topological polar surface area (TPSA) is 27.8 Å². The number of benzene rings is 1. The van der Waals surface area contributed by atoms with Crippen LogP contribution in [0.1, 0.15) is 44.1 Å². The van der Waals surface area contributed by atoms with E-state index in [0.717, 1.165) is 0 Å². The highest BCUT2D eigenvalue weighted by Gasteiger charge is 2.73. The van der Waals surface area contributed by atoms with Gasteiger partial charge in [-0.2, -0.15) is 0 Å². The van der Waals surface area contributed by atoms with Crippen LogP contribution in [0.3, 0.4) is 0 Å². The lowest BCUT2D eigenvalue weighted by Gasteiger charge is -2.55. The molecule has 0 unspecified atom stereocenters. The van der Waals surface area contributed by atoms with Crippen LogP contribution in [-0.4, -0.2) is 41.8 Å². The average Bonchev–Trinajstić information content (AvgIpc) is 3.14. The van der Waals surface area contributed by atoms with E-state index in [9.17, 15) is 0 Å². The normalized spacial score (nSPS) is 50.6. The lowest BCUT2D eigenvalue weighted by molar-refractivity contribution is -0.00559. The molecule has 6 atom stereocenters. The van der Waals surface area contributed by atoms with E-state index < -0.39 is 0 Å². The van der Waals surface area contributed by atoms with E-state index in [-0.39, 0.29) is 5.54 Å². The van der Waals surface area contributed by atoms with Gasteiger partial charge in [0, 0.05) is 29.6 Å². The van der Waals surface area contributed by atoms with Gasteiger partial charge in [0.2, 0.25) is 0 Å².